The van der Waals surface area contributed by atoms with Crippen LogP contribution in [-0.2, 0) is 4.79 Å². The van der Waals surface area contributed by atoms with Crippen LogP contribution >= 0.6 is 11.6 Å². The minimum absolute atomic E-state index is 0.146. The van der Waals surface area contributed by atoms with Crippen LogP contribution in [0.4, 0.5) is 11.5 Å². The maximum atomic E-state index is 12.9. The summed E-state index contributed by atoms with van der Waals surface area (Å²) < 4.78 is 0. The highest BCUT2D eigenvalue weighted by Gasteiger charge is 2.23. The van der Waals surface area contributed by atoms with Crippen LogP contribution in [0.25, 0.3) is 11.3 Å². The second-order valence-electron chi connectivity index (χ2n) is 8.04. The van der Waals surface area contributed by atoms with Crippen LogP contribution in [0.3, 0.4) is 0 Å². The molecule has 1 saturated heterocycles. The zero-order valence-corrected chi connectivity index (χ0v) is 18.9. The fourth-order valence-electron chi connectivity index (χ4n) is 4.00. The summed E-state index contributed by atoms with van der Waals surface area (Å²) in [5.74, 6) is 1.01. The van der Waals surface area contributed by atoms with Gasteiger partial charge in [0.1, 0.15) is 11.6 Å². The minimum atomic E-state index is -0.230. The van der Waals surface area contributed by atoms with Crippen LogP contribution in [0.1, 0.15) is 35.8 Å². The zero-order chi connectivity index (χ0) is 22.7. The first-order valence-electron chi connectivity index (χ1n) is 10.7. The number of Topliss-reactive ketones (excluding diaryl/α,β-unsaturated/α-hetero) is 1. The lowest BCUT2D eigenvalue weighted by molar-refractivity contribution is -0.121. The highest BCUT2D eigenvalue weighted by molar-refractivity contribution is 6.33. The molecule has 0 spiro atoms. The summed E-state index contributed by atoms with van der Waals surface area (Å²) in [4.78, 5) is 35.7. The molecule has 1 aliphatic rings. The summed E-state index contributed by atoms with van der Waals surface area (Å²) in [7, 11) is 0. The Labute approximate surface area is 192 Å². The van der Waals surface area contributed by atoms with Crippen LogP contribution in [-0.4, -0.2) is 34.7 Å². The Morgan fingerprint density at radius 1 is 1.09 bits per heavy atom. The first-order valence-corrected chi connectivity index (χ1v) is 11.1. The highest BCUT2D eigenvalue weighted by atomic mass is 35.5. The summed E-state index contributed by atoms with van der Waals surface area (Å²) in [5, 5.41) is 3.50. The average Bonchev–Trinajstić information content (AvgIpc) is 2.80. The Bertz CT molecular complexity index is 1140. The summed E-state index contributed by atoms with van der Waals surface area (Å²) >= 11 is 6.34. The monoisotopic (exact) mass is 448 g/mol. The normalized spacial score (nSPS) is 14.3. The first-order chi connectivity index (χ1) is 15.4. The van der Waals surface area contributed by atoms with Gasteiger partial charge < -0.3 is 10.2 Å². The fraction of sp³-hybridized carbons (Fsp3) is 0.280. The number of nitrogens with zero attached hydrogens (tertiary/aromatic N) is 3. The largest absolute Gasteiger partial charge is 0.357 e. The SMILES string of the molecule is CC(=O)C1CCN(c2ccc(C(=O)Nc3ccc(Cl)c(-c4ccccn4)c3)c(C)n2)CC1. The Morgan fingerprint density at radius 2 is 1.88 bits per heavy atom. The van der Waals surface area contributed by atoms with E-state index < -0.39 is 0 Å². The van der Waals surface area contributed by atoms with E-state index in [2.05, 4.69) is 20.2 Å². The molecule has 32 heavy (non-hydrogen) atoms. The van der Waals surface area contributed by atoms with Crippen molar-refractivity contribution in [2.45, 2.75) is 26.7 Å². The molecule has 1 aromatic carbocycles. The fourth-order valence-corrected chi connectivity index (χ4v) is 4.21. The zero-order valence-electron chi connectivity index (χ0n) is 18.1. The number of amides is 1. The molecule has 4 rings (SSSR count). The van der Waals surface area contributed by atoms with Crippen molar-refractivity contribution in [2.24, 2.45) is 5.92 Å². The van der Waals surface area contributed by atoms with E-state index in [0.717, 1.165) is 43.0 Å². The lowest BCUT2D eigenvalue weighted by Gasteiger charge is -2.32. The van der Waals surface area contributed by atoms with Crippen molar-refractivity contribution < 1.29 is 9.59 Å². The maximum absolute atomic E-state index is 12.9. The van der Waals surface area contributed by atoms with E-state index in [0.29, 0.717) is 22.0 Å². The van der Waals surface area contributed by atoms with Gasteiger partial charge in [-0.1, -0.05) is 17.7 Å². The van der Waals surface area contributed by atoms with E-state index in [4.69, 9.17) is 11.6 Å². The molecule has 0 atom stereocenters. The van der Waals surface area contributed by atoms with Gasteiger partial charge in [-0.05, 0) is 69.2 Å². The number of anilines is 2. The quantitative estimate of drug-likeness (QED) is 0.583. The number of ketones is 1. The van der Waals surface area contributed by atoms with Gasteiger partial charge in [0.2, 0.25) is 0 Å². The average molecular weight is 449 g/mol. The van der Waals surface area contributed by atoms with E-state index in [1.54, 1.807) is 31.3 Å². The Balaban J connectivity index is 1.48. The highest BCUT2D eigenvalue weighted by Crippen LogP contribution is 2.30. The van der Waals surface area contributed by atoms with Crippen LogP contribution in [0.5, 0.6) is 0 Å². The van der Waals surface area contributed by atoms with Gasteiger partial charge in [-0.25, -0.2) is 4.98 Å². The Kier molecular flexibility index (Phi) is 6.51. The molecule has 164 valence electrons. The minimum Gasteiger partial charge on any atom is -0.357 e. The molecule has 1 aliphatic heterocycles. The van der Waals surface area contributed by atoms with Gasteiger partial charge in [-0.15, -0.1) is 0 Å². The number of hydrogen-bond donors (Lipinski definition) is 1. The maximum Gasteiger partial charge on any atom is 0.257 e. The van der Waals surface area contributed by atoms with Gasteiger partial charge in [0.05, 0.1) is 22.0 Å². The molecule has 6 nitrogen and oxygen atoms in total. The number of piperidine rings is 1. The molecule has 1 amide bonds. The number of rotatable bonds is 5. The number of nitrogens with one attached hydrogen (secondary N) is 1. The van der Waals surface area contributed by atoms with Crippen molar-refractivity contribution in [3.63, 3.8) is 0 Å². The van der Waals surface area contributed by atoms with Crippen molar-refractivity contribution in [1.29, 1.82) is 0 Å². The smallest absolute Gasteiger partial charge is 0.257 e. The number of carbonyl (C=O) groups excluding carboxylic acids is 2. The number of carbonyl (C=O) groups is 2. The van der Waals surface area contributed by atoms with E-state index in [9.17, 15) is 9.59 Å². The number of benzene rings is 1. The van der Waals surface area contributed by atoms with Crippen LogP contribution < -0.4 is 10.2 Å². The molecular weight excluding hydrogens is 424 g/mol. The molecule has 1 fully saturated rings. The molecule has 0 aliphatic carbocycles. The molecule has 0 saturated carbocycles. The molecule has 3 heterocycles. The van der Waals surface area contributed by atoms with Gasteiger partial charge in [-0.2, -0.15) is 0 Å². The van der Waals surface area contributed by atoms with Crippen LogP contribution in [0.15, 0.2) is 54.7 Å². The predicted octanol–water partition coefficient (Wildman–Crippen LogP) is 5.16. The number of aryl methyl sites for hydroxylation is 1. The van der Waals surface area contributed by atoms with Gasteiger partial charge in [0.25, 0.3) is 5.91 Å². The van der Waals surface area contributed by atoms with Crippen molar-refractivity contribution in [1.82, 2.24) is 9.97 Å². The number of hydrogen-bond acceptors (Lipinski definition) is 5. The van der Waals surface area contributed by atoms with Gasteiger partial charge in [0, 0.05) is 36.5 Å². The lowest BCUT2D eigenvalue weighted by atomic mass is 9.93. The third-order valence-corrected chi connectivity index (χ3v) is 6.20. The summed E-state index contributed by atoms with van der Waals surface area (Å²) in [5.41, 5.74) is 3.30. The summed E-state index contributed by atoms with van der Waals surface area (Å²) in [6, 6.07) is 14.6. The number of aromatic nitrogens is 2. The van der Waals surface area contributed by atoms with E-state index >= 15 is 0 Å². The van der Waals surface area contributed by atoms with E-state index in [1.807, 2.05) is 37.3 Å². The Morgan fingerprint density at radius 3 is 2.53 bits per heavy atom. The molecule has 7 heteroatoms. The van der Waals surface area contributed by atoms with Gasteiger partial charge in [-0.3, -0.25) is 14.6 Å². The lowest BCUT2D eigenvalue weighted by Crippen LogP contribution is -2.36. The molecule has 3 aromatic rings. The van der Waals surface area contributed by atoms with Gasteiger partial charge >= 0.3 is 0 Å². The van der Waals surface area contributed by atoms with Crippen molar-refractivity contribution in [3.05, 3.63) is 71.0 Å². The van der Waals surface area contributed by atoms with Crippen LogP contribution in [0, 0.1) is 12.8 Å². The molecule has 0 bridgehead atoms. The molecule has 0 radical (unpaired) electrons. The Hall–Kier alpha value is -3.25. The standard InChI is InChI=1S/C25H25ClN4O2/c1-16-20(7-9-24(28-16)30-13-10-18(11-14-30)17(2)31)25(32)29-19-6-8-22(26)21(15-19)23-5-3-4-12-27-23/h3-9,12,15,18H,10-11,13-14H2,1-2H3,(H,29,32). The third kappa shape index (κ3) is 4.81. The second kappa shape index (κ2) is 9.49. The van der Waals surface area contributed by atoms with Crippen LogP contribution in [0.2, 0.25) is 5.02 Å². The number of pyridine rings is 2. The van der Waals surface area contributed by atoms with Crippen molar-refractivity contribution >= 4 is 34.8 Å². The topological polar surface area (TPSA) is 75.2 Å². The molecular formula is C25H25ClN4O2. The summed E-state index contributed by atoms with van der Waals surface area (Å²) in [6.07, 6.45) is 3.39. The number of halogens is 1. The van der Waals surface area contributed by atoms with E-state index in [1.165, 1.54) is 0 Å². The molecule has 1 N–H and O–H groups in total. The first kappa shape index (κ1) is 22.0. The third-order valence-electron chi connectivity index (χ3n) is 5.87. The molecule has 0 unspecified atom stereocenters. The van der Waals surface area contributed by atoms with Crippen molar-refractivity contribution in [3.8, 4) is 11.3 Å². The van der Waals surface area contributed by atoms with Gasteiger partial charge in [0.15, 0.2) is 0 Å². The van der Waals surface area contributed by atoms with Crippen molar-refractivity contribution in [2.75, 3.05) is 23.3 Å². The second-order valence-corrected chi connectivity index (χ2v) is 8.45. The molecule has 2 aromatic heterocycles. The predicted molar refractivity (Wildman–Crippen MR) is 127 cm³/mol. The summed E-state index contributed by atoms with van der Waals surface area (Å²) in [6.45, 7) is 5.09. The van der Waals surface area contributed by atoms with E-state index in [-0.39, 0.29) is 17.6 Å².